The number of ether oxygens (including phenoxy) is 1. The van der Waals surface area contributed by atoms with Gasteiger partial charge in [-0.15, -0.1) is 0 Å². The predicted octanol–water partition coefficient (Wildman–Crippen LogP) is 2.95. The lowest BCUT2D eigenvalue weighted by Crippen LogP contribution is -2.36. The second kappa shape index (κ2) is 7.36. The Morgan fingerprint density at radius 3 is 2.81 bits per heavy atom. The molecule has 7 nitrogen and oxygen atoms in total. The molecule has 0 aliphatic carbocycles. The van der Waals surface area contributed by atoms with E-state index >= 15 is 0 Å². The number of anilines is 2. The van der Waals surface area contributed by atoms with E-state index in [0.717, 1.165) is 54.4 Å². The van der Waals surface area contributed by atoms with Crippen LogP contribution in [0.4, 0.5) is 11.5 Å². The molecule has 27 heavy (non-hydrogen) atoms. The molecular weight excluding hydrogens is 340 g/mol. The Hall–Kier alpha value is -2.93. The van der Waals surface area contributed by atoms with Crippen molar-refractivity contribution in [3.63, 3.8) is 0 Å². The predicted molar refractivity (Wildman–Crippen MR) is 109 cm³/mol. The molecule has 1 saturated heterocycles. The number of hydrogen-bond donors (Lipinski definition) is 1. The maximum absolute atomic E-state index is 5.49. The molecular formula is C20H24N6O. The molecule has 4 rings (SSSR count). The molecule has 0 unspecified atom stereocenters. The van der Waals surface area contributed by atoms with Crippen LogP contribution in [0.15, 0.2) is 41.8 Å². The summed E-state index contributed by atoms with van der Waals surface area (Å²) in [7, 11) is 1.95. The van der Waals surface area contributed by atoms with E-state index < -0.39 is 0 Å². The minimum absolute atomic E-state index is 0.708. The average molecular weight is 364 g/mol. The summed E-state index contributed by atoms with van der Waals surface area (Å²) in [5.41, 5.74) is 9.16. The van der Waals surface area contributed by atoms with E-state index in [1.165, 1.54) is 5.56 Å². The van der Waals surface area contributed by atoms with Gasteiger partial charge in [0.2, 0.25) is 0 Å². The number of hydrazone groups is 1. The number of aromatic nitrogens is 3. The number of rotatable bonds is 4. The third-order valence-electron chi connectivity index (χ3n) is 4.77. The Morgan fingerprint density at radius 1 is 1.22 bits per heavy atom. The van der Waals surface area contributed by atoms with Crippen molar-refractivity contribution in [2.75, 3.05) is 36.6 Å². The molecule has 1 aliphatic heterocycles. The van der Waals surface area contributed by atoms with Crippen molar-refractivity contribution in [3.8, 4) is 0 Å². The molecule has 2 aromatic heterocycles. The minimum atomic E-state index is 0.708. The van der Waals surface area contributed by atoms with Crippen molar-refractivity contribution in [3.05, 3.63) is 47.8 Å². The zero-order chi connectivity index (χ0) is 18.8. The zero-order valence-corrected chi connectivity index (χ0v) is 15.9. The highest BCUT2D eigenvalue weighted by atomic mass is 16.5. The lowest BCUT2D eigenvalue weighted by Gasteiger charge is -2.29. The van der Waals surface area contributed by atoms with Gasteiger partial charge >= 0.3 is 0 Å². The third kappa shape index (κ3) is 3.64. The van der Waals surface area contributed by atoms with Crippen molar-refractivity contribution in [1.82, 2.24) is 14.5 Å². The van der Waals surface area contributed by atoms with E-state index in [4.69, 9.17) is 9.72 Å². The number of aryl methyl sites for hydroxylation is 2. The second-order valence-electron chi connectivity index (χ2n) is 6.83. The van der Waals surface area contributed by atoms with E-state index in [2.05, 4.69) is 45.5 Å². The van der Waals surface area contributed by atoms with Gasteiger partial charge in [0.05, 0.1) is 30.9 Å². The van der Waals surface area contributed by atoms with Crippen LogP contribution in [0.1, 0.15) is 18.1 Å². The fraction of sp³-hybridized carbons (Fsp3) is 0.350. The van der Waals surface area contributed by atoms with Crippen molar-refractivity contribution in [2.24, 2.45) is 12.1 Å². The van der Waals surface area contributed by atoms with E-state index in [1.807, 2.05) is 30.7 Å². The topological polar surface area (TPSA) is 67.6 Å². The summed E-state index contributed by atoms with van der Waals surface area (Å²) < 4.78 is 7.42. The van der Waals surface area contributed by atoms with Gasteiger partial charge < -0.3 is 14.2 Å². The number of hydrogen-bond acceptors (Lipinski definition) is 6. The molecule has 0 radical (unpaired) electrons. The number of fused-ring (bicyclic) bond motifs is 1. The Morgan fingerprint density at radius 2 is 2.04 bits per heavy atom. The van der Waals surface area contributed by atoms with Crippen molar-refractivity contribution < 1.29 is 4.74 Å². The SMILES string of the molecule is CC(=NNc1cc(N2CCOCC2)c2ncn(C)c2n1)c1cccc(C)c1. The van der Waals surface area contributed by atoms with Gasteiger partial charge in [0.25, 0.3) is 0 Å². The largest absolute Gasteiger partial charge is 0.378 e. The smallest absolute Gasteiger partial charge is 0.164 e. The molecule has 3 aromatic rings. The number of nitrogens with one attached hydrogen (secondary N) is 1. The summed E-state index contributed by atoms with van der Waals surface area (Å²) in [6, 6.07) is 10.3. The first-order chi connectivity index (χ1) is 13.1. The molecule has 0 bridgehead atoms. The van der Waals surface area contributed by atoms with E-state index in [0.29, 0.717) is 5.82 Å². The normalized spacial score (nSPS) is 15.4. The van der Waals surface area contributed by atoms with Gasteiger partial charge in [0.1, 0.15) is 5.52 Å². The van der Waals surface area contributed by atoms with Crippen molar-refractivity contribution in [1.29, 1.82) is 0 Å². The molecule has 0 saturated carbocycles. The van der Waals surface area contributed by atoms with Gasteiger partial charge in [-0.1, -0.05) is 29.8 Å². The number of pyridine rings is 1. The monoisotopic (exact) mass is 364 g/mol. The zero-order valence-electron chi connectivity index (χ0n) is 15.9. The van der Waals surface area contributed by atoms with Crippen LogP contribution in [0, 0.1) is 6.92 Å². The molecule has 0 atom stereocenters. The van der Waals surface area contributed by atoms with Gasteiger partial charge in [-0.25, -0.2) is 9.97 Å². The Balaban J connectivity index is 1.67. The van der Waals surface area contributed by atoms with Gasteiger partial charge in [-0.3, -0.25) is 5.43 Å². The Bertz CT molecular complexity index is 987. The lowest BCUT2D eigenvalue weighted by molar-refractivity contribution is 0.123. The first kappa shape index (κ1) is 17.5. The summed E-state index contributed by atoms with van der Waals surface area (Å²) >= 11 is 0. The number of benzene rings is 1. The maximum atomic E-state index is 5.49. The van der Waals surface area contributed by atoms with E-state index in [9.17, 15) is 0 Å². The quantitative estimate of drug-likeness (QED) is 0.569. The Kier molecular flexibility index (Phi) is 4.77. The number of nitrogens with zero attached hydrogens (tertiary/aromatic N) is 5. The van der Waals surface area contributed by atoms with Gasteiger partial charge in [-0.2, -0.15) is 5.10 Å². The van der Waals surface area contributed by atoms with Crippen LogP contribution in [-0.2, 0) is 11.8 Å². The summed E-state index contributed by atoms with van der Waals surface area (Å²) in [4.78, 5) is 11.5. The fourth-order valence-corrected chi connectivity index (χ4v) is 3.26. The van der Waals surface area contributed by atoms with Gasteiger partial charge in [-0.05, 0) is 19.4 Å². The highest BCUT2D eigenvalue weighted by molar-refractivity contribution is 5.99. The standard InChI is InChI=1S/C20H24N6O/c1-14-5-4-6-16(11-14)15(2)23-24-18-12-17(26-7-9-27-10-8-26)19-20(22-18)25(3)13-21-19/h4-6,11-13H,7-10H2,1-3H3,(H,22,24). The first-order valence-electron chi connectivity index (χ1n) is 9.14. The second-order valence-corrected chi connectivity index (χ2v) is 6.83. The molecule has 140 valence electrons. The number of imidazole rings is 1. The van der Waals surface area contributed by atoms with Crippen LogP contribution >= 0.6 is 0 Å². The molecule has 1 N–H and O–H groups in total. The van der Waals surface area contributed by atoms with E-state index in [-0.39, 0.29) is 0 Å². The lowest BCUT2D eigenvalue weighted by atomic mass is 10.1. The van der Waals surface area contributed by atoms with E-state index in [1.54, 1.807) is 6.33 Å². The van der Waals surface area contributed by atoms with Crippen LogP contribution in [0.25, 0.3) is 11.2 Å². The van der Waals surface area contributed by atoms with Gasteiger partial charge in [0.15, 0.2) is 11.5 Å². The van der Waals surface area contributed by atoms with Crippen LogP contribution in [0.5, 0.6) is 0 Å². The number of morpholine rings is 1. The highest BCUT2D eigenvalue weighted by Gasteiger charge is 2.18. The molecule has 0 amide bonds. The molecule has 1 fully saturated rings. The molecule has 1 aromatic carbocycles. The van der Waals surface area contributed by atoms with Crippen LogP contribution < -0.4 is 10.3 Å². The van der Waals surface area contributed by atoms with Gasteiger partial charge in [0, 0.05) is 26.2 Å². The highest BCUT2D eigenvalue weighted by Crippen LogP contribution is 2.28. The molecule has 7 heteroatoms. The van der Waals surface area contributed by atoms with Crippen LogP contribution in [0.2, 0.25) is 0 Å². The molecule has 1 aliphatic rings. The van der Waals surface area contributed by atoms with Crippen molar-refractivity contribution in [2.45, 2.75) is 13.8 Å². The van der Waals surface area contributed by atoms with Crippen LogP contribution in [-0.4, -0.2) is 46.6 Å². The minimum Gasteiger partial charge on any atom is -0.378 e. The summed E-state index contributed by atoms with van der Waals surface area (Å²) in [6.45, 7) is 7.22. The maximum Gasteiger partial charge on any atom is 0.164 e. The summed E-state index contributed by atoms with van der Waals surface area (Å²) in [5.74, 6) is 0.708. The molecule has 3 heterocycles. The third-order valence-corrected chi connectivity index (χ3v) is 4.77. The summed E-state index contributed by atoms with van der Waals surface area (Å²) in [5, 5.41) is 4.54. The summed E-state index contributed by atoms with van der Waals surface area (Å²) in [6.07, 6.45) is 1.80. The van der Waals surface area contributed by atoms with Crippen molar-refractivity contribution >= 4 is 28.4 Å². The Labute approximate surface area is 158 Å². The fourth-order valence-electron chi connectivity index (χ4n) is 3.26. The molecule has 0 spiro atoms. The van der Waals surface area contributed by atoms with Crippen LogP contribution in [0.3, 0.4) is 0 Å². The average Bonchev–Trinajstić information content (AvgIpc) is 3.07. The first-order valence-corrected chi connectivity index (χ1v) is 9.14.